The van der Waals surface area contributed by atoms with E-state index >= 15 is 0 Å². The van der Waals surface area contributed by atoms with Gasteiger partial charge in [-0.3, -0.25) is 4.79 Å². The van der Waals surface area contributed by atoms with Crippen LogP contribution in [0.5, 0.6) is 0 Å². The maximum Gasteiger partial charge on any atom is 0.257 e. The highest BCUT2D eigenvalue weighted by Crippen LogP contribution is 2.24. The molecule has 6 nitrogen and oxygen atoms in total. The smallest absolute Gasteiger partial charge is 0.257 e. The first-order chi connectivity index (χ1) is 12.4. The fraction of sp³-hybridized carbons (Fsp3) is 0.235. The molecule has 9 heteroatoms. The molecule has 1 saturated heterocycles. The number of morpholine rings is 1. The summed E-state index contributed by atoms with van der Waals surface area (Å²) in [5.41, 5.74) is 0.669. The molecular formula is C17H16BrClN2O4S. The molecule has 2 aromatic carbocycles. The van der Waals surface area contributed by atoms with Crippen molar-refractivity contribution in [1.82, 2.24) is 4.31 Å². The number of hydrogen-bond donors (Lipinski definition) is 1. The van der Waals surface area contributed by atoms with Crippen LogP contribution in [0.15, 0.2) is 51.8 Å². The first kappa shape index (κ1) is 19.3. The Kier molecular flexibility index (Phi) is 5.99. The Morgan fingerprint density at radius 3 is 2.62 bits per heavy atom. The number of sulfonamides is 1. The van der Waals surface area contributed by atoms with Crippen molar-refractivity contribution in [2.75, 3.05) is 31.6 Å². The molecule has 0 aliphatic carbocycles. The number of carbonyl (C=O) groups is 1. The summed E-state index contributed by atoms with van der Waals surface area (Å²) in [5.74, 6) is -0.419. The molecule has 26 heavy (non-hydrogen) atoms. The number of nitrogens with zero attached hydrogens (tertiary/aromatic N) is 1. The number of amides is 1. The van der Waals surface area contributed by atoms with E-state index < -0.39 is 15.9 Å². The molecule has 0 unspecified atom stereocenters. The van der Waals surface area contributed by atoms with Gasteiger partial charge in [0, 0.05) is 23.2 Å². The lowest BCUT2D eigenvalue weighted by molar-refractivity contribution is 0.0730. The molecule has 138 valence electrons. The second-order valence-electron chi connectivity index (χ2n) is 5.62. The maximum atomic E-state index is 12.7. The van der Waals surface area contributed by atoms with Gasteiger partial charge in [0.05, 0.1) is 28.7 Å². The Hall–Kier alpha value is -1.45. The summed E-state index contributed by atoms with van der Waals surface area (Å²) in [5, 5.41) is 3.00. The van der Waals surface area contributed by atoms with Crippen molar-refractivity contribution in [2.45, 2.75) is 4.90 Å². The predicted molar refractivity (Wildman–Crippen MR) is 103 cm³/mol. The SMILES string of the molecule is O=C(Nc1cccc(S(=O)(=O)N2CCOCC2)c1)c1cc(Br)ccc1Cl. The van der Waals surface area contributed by atoms with Crippen LogP contribution >= 0.6 is 27.5 Å². The quantitative estimate of drug-likeness (QED) is 0.760. The highest BCUT2D eigenvalue weighted by atomic mass is 79.9. The highest BCUT2D eigenvalue weighted by molar-refractivity contribution is 9.10. The standard InChI is InChI=1S/C17H16BrClN2O4S/c18-12-4-5-16(19)15(10-12)17(22)20-13-2-1-3-14(11-13)26(23,24)21-6-8-25-9-7-21/h1-5,10-11H,6-9H2,(H,20,22). The minimum Gasteiger partial charge on any atom is -0.379 e. The third-order valence-corrected chi connectivity index (χ3v) is 6.59. The zero-order valence-corrected chi connectivity index (χ0v) is 16.8. The fourth-order valence-corrected chi connectivity index (χ4v) is 4.56. The van der Waals surface area contributed by atoms with E-state index in [0.717, 1.165) is 4.47 Å². The second-order valence-corrected chi connectivity index (χ2v) is 8.88. The maximum absolute atomic E-state index is 12.7. The van der Waals surface area contributed by atoms with Crippen molar-refractivity contribution in [1.29, 1.82) is 0 Å². The molecule has 0 aromatic heterocycles. The Morgan fingerprint density at radius 1 is 1.15 bits per heavy atom. The Morgan fingerprint density at radius 2 is 1.88 bits per heavy atom. The number of rotatable bonds is 4. The monoisotopic (exact) mass is 458 g/mol. The van der Waals surface area contributed by atoms with Gasteiger partial charge in [-0.15, -0.1) is 0 Å². The minimum atomic E-state index is -3.63. The largest absolute Gasteiger partial charge is 0.379 e. The van der Waals surface area contributed by atoms with E-state index in [9.17, 15) is 13.2 Å². The van der Waals surface area contributed by atoms with Crippen molar-refractivity contribution in [3.63, 3.8) is 0 Å². The van der Waals surface area contributed by atoms with Gasteiger partial charge >= 0.3 is 0 Å². The number of benzene rings is 2. The molecule has 0 radical (unpaired) electrons. The molecule has 0 atom stereocenters. The Bertz CT molecular complexity index is 930. The molecule has 1 amide bonds. The van der Waals surface area contributed by atoms with Gasteiger partial charge in [0.15, 0.2) is 0 Å². The van der Waals surface area contributed by atoms with E-state index in [0.29, 0.717) is 42.6 Å². The van der Waals surface area contributed by atoms with Gasteiger partial charge in [-0.05, 0) is 36.4 Å². The molecular weight excluding hydrogens is 444 g/mol. The van der Waals surface area contributed by atoms with Gasteiger partial charge in [-0.1, -0.05) is 33.6 Å². The van der Waals surface area contributed by atoms with Crippen molar-refractivity contribution in [3.05, 3.63) is 57.5 Å². The second kappa shape index (κ2) is 8.06. The molecule has 2 aromatic rings. The lowest BCUT2D eigenvalue weighted by Crippen LogP contribution is -2.40. The van der Waals surface area contributed by atoms with Crippen LogP contribution in [0.25, 0.3) is 0 Å². The fourth-order valence-electron chi connectivity index (χ4n) is 2.54. The summed E-state index contributed by atoms with van der Waals surface area (Å²) in [6, 6.07) is 11.1. The molecule has 1 aliphatic heterocycles. The van der Waals surface area contributed by atoms with Gasteiger partial charge in [0.2, 0.25) is 10.0 Å². The van der Waals surface area contributed by atoms with E-state index in [1.165, 1.54) is 16.4 Å². The number of hydrogen-bond acceptors (Lipinski definition) is 4. The summed E-state index contributed by atoms with van der Waals surface area (Å²) in [6.07, 6.45) is 0. The molecule has 3 rings (SSSR count). The number of halogens is 2. The molecule has 1 heterocycles. The molecule has 0 spiro atoms. The van der Waals surface area contributed by atoms with Gasteiger partial charge in [0.1, 0.15) is 0 Å². The number of anilines is 1. The Labute approximate surface area is 165 Å². The van der Waals surface area contributed by atoms with Gasteiger partial charge < -0.3 is 10.1 Å². The predicted octanol–water partition coefficient (Wildman–Crippen LogP) is 3.38. The van der Waals surface area contributed by atoms with Crippen LogP contribution in [0.2, 0.25) is 5.02 Å². The van der Waals surface area contributed by atoms with Crippen LogP contribution in [-0.4, -0.2) is 44.9 Å². The first-order valence-corrected chi connectivity index (χ1v) is 10.4. The zero-order chi connectivity index (χ0) is 18.7. The average molecular weight is 460 g/mol. The van der Waals surface area contributed by atoms with Gasteiger partial charge in [0.25, 0.3) is 5.91 Å². The topological polar surface area (TPSA) is 75.7 Å². The van der Waals surface area contributed by atoms with E-state index in [2.05, 4.69) is 21.2 Å². The lowest BCUT2D eigenvalue weighted by Gasteiger charge is -2.26. The van der Waals surface area contributed by atoms with Crippen molar-refractivity contribution in [2.24, 2.45) is 0 Å². The number of nitrogens with one attached hydrogen (secondary N) is 1. The molecule has 1 fully saturated rings. The van der Waals surface area contributed by atoms with Crippen LogP contribution in [0, 0.1) is 0 Å². The normalized spacial score (nSPS) is 15.6. The summed E-state index contributed by atoms with van der Waals surface area (Å²) < 4.78 is 32.7. The lowest BCUT2D eigenvalue weighted by atomic mass is 10.2. The summed E-state index contributed by atoms with van der Waals surface area (Å²) >= 11 is 9.36. The Balaban J connectivity index is 1.83. The number of ether oxygens (including phenoxy) is 1. The van der Waals surface area contributed by atoms with E-state index in [1.807, 2.05) is 0 Å². The number of carbonyl (C=O) groups excluding carboxylic acids is 1. The van der Waals surface area contributed by atoms with Crippen LogP contribution in [-0.2, 0) is 14.8 Å². The molecule has 1 aliphatic rings. The van der Waals surface area contributed by atoms with E-state index in [-0.39, 0.29) is 4.90 Å². The highest BCUT2D eigenvalue weighted by Gasteiger charge is 2.26. The van der Waals surface area contributed by atoms with Crippen LogP contribution < -0.4 is 5.32 Å². The third kappa shape index (κ3) is 4.27. The van der Waals surface area contributed by atoms with Crippen molar-refractivity contribution in [3.8, 4) is 0 Å². The molecule has 0 saturated carbocycles. The van der Waals surface area contributed by atoms with Crippen LogP contribution in [0.3, 0.4) is 0 Å². The summed E-state index contributed by atoms with van der Waals surface area (Å²) in [7, 11) is -3.63. The molecule has 0 bridgehead atoms. The summed E-state index contributed by atoms with van der Waals surface area (Å²) in [6.45, 7) is 1.37. The van der Waals surface area contributed by atoms with Gasteiger partial charge in [-0.25, -0.2) is 8.42 Å². The van der Waals surface area contributed by atoms with Gasteiger partial charge in [-0.2, -0.15) is 4.31 Å². The van der Waals surface area contributed by atoms with Crippen LogP contribution in [0.1, 0.15) is 10.4 Å². The average Bonchev–Trinajstić information content (AvgIpc) is 2.64. The summed E-state index contributed by atoms with van der Waals surface area (Å²) in [4.78, 5) is 12.6. The first-order valence-electron chi connectivity index (χ1n) is 7.82. The van der Waals surface area contributed by atoms with Crippen molar-refractivity contribution < 1.29 is 17.9 Å². The molecule has 1 N–H and O–H groups in total. The minimum absolute atomic E-state index is 0.123. The van der Waals surface area contributed by atoms with E-state index in [4.69, 9.17) is 16.3 Å². The zero-order valence-electron chi connectivity index (χ0n) is 13.6. The van der Waals surface area contributed by atoms with E-state index in [1.54, 1.807) is 30.3 Å². The van der Waals surface area contributed by atoms with Crippen LogP contribution in [0.4, 0.5) is 5.69 Å². The third-order valence-electron chi connectivity index (χ3n) is 3.87. The van der Waals surface area contributed by atoms with Crippen molar-refractivity contribution >= 4 is 49.1 Å².